The Balaban J connectivity index is 1.34. The Hall–Kier alpha value is -1.75. The second-order valence-electron chi connectivity index (χ2n) is 9.33. The van der Waals surface area contributed by atoms with E-state index in [4.69, 9.17) is 9.47 Å². The summed E-state index contributed by atoms with van der Waals surface area (Å²) in [6, 6.07) is 9.04. The standard InChI is InChI=1S/C22H31N3O2/c1-21(2)13-16(14-7-4-5-8-17(14)27-21)24-20(23-3)25-18-15-9-12-26-19(15)22(18)10-6-11-22/h4-5,7-8,15-16,18-19H,6,9-13H2,1-3H3,(H2,23,24,25). The SMILES string of the molecule is CN=C(NC1CC(C)(C)Oc2ccccc21)NC1C2CCOC2C12CCC2. The van der Waals surface area contributed by atoms with Crippen LogP contribution in [0.3, 0.4) is 0 Å². The molecule has 5 rings (SSSR count). The van der Waals surface area contributed by atoms with Gasteiger partial charge < -0.3 is 20.1 Å². The van der Waals surface area contributed by atoms with Gasteiger partial charge in [-0.3, -0.25) is 4.99 Å². The summed E-state index contributed by atoms with van der Waals surface area (Å²) in [7, 11) is 1.88. The van der Waals surface area contributed by atoms with Crippen molar-refractivity contribution in [2.24, 2.45) is 16.3 Å². The molecule has 4 aliphatic rings. The number of guanidine groups is 1. The summed E-state index contributed by atoms with van der Waals surface area (Å²) >= 11 is 0. The largest absolute Gasteiger partial charge is 0.487 e. The summed E-state index contributed by atoms with van der Waals surface area (Å²) in [5.41, 5.74) is 1.38. The van der Waals surface area contributed by atoms with Crippen molar-refractivity contribution in [1.82, 2.24) is 10.6 Å². The van der Waals surface area contributed by atoms with Crippen LogP contribution in [0, 0.1) is 11.3 Å². The molecule has 0 bridgehead atoms. The van der Waals surface area contributed by atoms with Gasteiger partial charge in [-0.25, -0.2) is 0 Å². The number of aliphatic imine (C=N–C) groups is 1. The fourth-order valence-electron chi connectivity index (χ4n) is 5.87. The van der Waals surface area contributed by atoms with Crippen LogP contribution in [0.25, 0.3) is 0 Å². The second kappa shape index (κ2) is 6.13. The summed E-state index contributed by atoms with van der Waals surface area (Å²) in [5, 5.41) is 7.49. The molecule has 0 aromatic heterocycles. The molecule has 2 heterocycles. The molecule has 0 amide bonds. The van der Waals surface area contributed by atoms with Gasteiger partial charge in [-0.2, -0.15) is 0 Å². The smallest absolute Gasteiger partial charge is 0.191 e. The normalized spacial score (nSPS) is 35.3. The fourth-order valence-corrected chi connectivity index (χ4v) is 5.87. The number of para-hydroxylation sites is 1. The van der Waals surface area contributed by atoms with Gasteiger partial charge >= 0.3 is 0 Å². The second-order valence-corrected chi connectivity index (χ2v) is 9.33. The van der Waals surface area contributed by atoms with Gasteiger partial charge in [0.05, 0.1) is 12.1 Å². The Labute approximate surface area is 161 Å². The summed E-state index contributed by atoms with van der Waals surface area (Å²) < 4.78 is 12.2. The topological polar surface area (TPSA) is 54.9 Å². The maximum Gasteiger partial charge on any atom is 0.191 e. The van der Waals surface area contributed by atoms with Gasteiger partial charge in [-0.05, 0) is 39.2 Å². The minimum absolute atomic E-state index is 0.194. The molecule has 2 N–H and O–H groups in total. The molecule has 3 fully saturated rings. The Bertz CT molecular complexity index is 756. The van der Waals surface area contributed by atoms with Crippen LogP contribution in [-0.4, -0.2) is 37.4 Å². The van der Waals surface area contributed by atoms with Crippen molar-refractivity contribution in [3.05, 3.63) is 29.8 Å². The van der Waals surface area contributed by atoms with Gasteiger partial charge in [0.15, 0.2) is 5.96 Å². The van der Waals surface area contributed by atoms with E-state index < -0.39 is 0 Å². The zero-order valence-electron chi connectivity index (χ0n) is 16.6. The molecule has 1 aromatic rings. The molecule has 146 valence electrons. The van der Waals surface area contributed by atoms with Crippen molar-refractivity contribution in [2.45, 2.75) is 69.7 Å². The summed E-state index contributed by atoms with van der Waals surface area (Å²) in [4.78, 5) is 4.58. The van der Waals surface area contributed by atoms with Crippen LogP contribution in [0.1, 0.15) is 57.6 Å². The van der Waals surface area contributed by atoms with E-state index in [2.05, 4.69) is 47.7 Å². The summed E-state index contributed by atoms with van der Waals surface area (Å²) in [6.07, 6.45) is 6.47. The molecule has 2 aliphatic heterocycles. The molecule has 1 saturated heterocycles. The lowest BCUT2D eigenvalue weighted by Gasteiger charge is -2.63. The third-order valence-electron chi connectivity index (χ3n) is 7.24. The van der Waals surface area contributed by atoms with Crippen LogP contribution in [0.4, 0.5) is 0 Å². The molecule has 27 heavy (non-hydrogen) atoms. The van der Waals surface area contributed by atoms with Gasteiger partial charge in [0.2, 0.25) is 0 Å². The Morgan fingerprint density at radius 2 is 2.00 bits per heavy atom. The van der Waals surface area contributed by atoms with E-state index in [0.29, 0.717) is 23.5 Å². The Kier molecular flexibility index (Phi) is 3.94. The third-order valence-corrected chi connectivity index (χ3v) is 7.24. The van der Waals surface area contributed by atoms with E-state index >= 15 is 0 Å². The first-order chi connectivity index (χ1) is 13.0. The van der Waals surface area contributed by atoms with Crippen molar-refractivity contribution >= 4 is 5.96 Å². The van der Waals surface area contributed by atoms with Crippen molar-refractivity contribution in [3.8, 4) is 5.75 Å². The van der Waals surface area contributed by atoms with Crippen LogP contribution in [-0.2, 0) is 4.74 Å². The molecule has 1 aromatic carbocycles. The van der Waals surface area contributed by atoms with E-state index in [1.165, 1.54) is 31.2 Å². The summed E-state index contributed by atoms with van der Waals surface area (Å²) in [6.45, 7) is 5.23. The van der Waals surface area contributed by atoms with Crippen LogP contribution < -0.4 is 15.4 Å². The highest BCUT2D eigenvalue weighted by Gasteiger charge is 2.66. The monoisotopic (exact) mass is 369 g/mol. The zero-order valence-corrected chi connectivity index (χ0v) is 16.6. The van der Waals surface area contributed by atoms with Crippen LogP contribution in [0.5, 0.6) is 5.75 Å². The minimum Gasteiger partial charge on any atom is -0.487 e. The molecule has 4 atom stereocenters. The van der Waals surface area contributed by atoms with Gasteiger partial charge in [0, 0.05) is 43.0 Å². The van der Waals surface area contributed by atoms with Crippen molar-refractivity contribution in [3.63, 3.8) is 0 Å². The quantitative estimate of drug-likeness (QED) is 0.620. The van der Waals surface area contributed by atoms with Gasteiger partial charge in [0.1, 0.15) is 11.4 Å². The Morgan fingerprint density at radius 1 is 1.19 bits per heavy atom. The number of hydrogen-bond donors (Lipinski definition) is 2. The molecular weight excluding hydrogens is 338 g/mol. The van der Waals surface area contributed by atoms with E-state index in [1.54, 1.807) is 0 Å². The molecular formula is C22H31N3O2. The maximum absolute atomic E-state index is 6.18. The lowest BCUT2D eigenvalue weighted by atomic mass is 9.46. The van der Waals surface area contributed by atoms with E-state index in [9.17, 15) is 0 Å². The first kappa shape index (κ1) is 17.4. The molecule has 2 saturated carbocycles. The number of benzene rings is 1. The predicted octanol–water partition coefficient (Wildman–Crippen LogP) is 3.41. The lowest BCUT2D eigenvalue weighted by Crippen LogP contribution is -2.72. The van der Waals surface area contributed by atoms with Crippen molar-refractivity contribution in [1.29, 1.82) is 0 Å². The highest BCUT2D eigenvalue weighted by molar-refractivity contribution is 5.81. The molecule has 5 heteroatoms. The third kappa shape index (κ3) is 2.65. The number of hydrogen-bond acceptors (Lipinski definition) is 3. The molecule has 4 unspecified atom stereocenters. The van der Waals surface area contributed by atoms with Crippen molar-refractivity contribution in [2.75, 3.05) is 13.7 Å². The number of nitrogens with one attached hydrogen (secondary N) is 2. The molecule has 2 aliphatic carbocycles. The molecule has 0 radical (unpaired) electrons. The zero-order chi connectivity index (χ0) is 18.6. The van der Waals surface area contributed by atoms with Gasteiger partial charge in [0.25, 0.3) is 0 Å². The van der Waals surface area contributed by atoms with E-state index in [1.807, 2.05) is 13.1 Å². The number of rotatable bonds is 2. The van der Waals surface area contributed by atoms with Crippen LogP contribution in [0.15, 0.2) is 29.3 Å². The average Bonchev–Trinajstić information content (AvgIpc) is 3.01. The van der Waals surface area contributed by atoms with Crippen LogP contribution in [0.2, 0.25) is 0 Å². The number of nitrogens with zero attached hydrogens (tertiary/aromatic N) is 1. The van der Waals surface area contributed by atoms with Crippen molar-refractivity contribution < 1.29 is 9.47 Å². The predicted molar refractivity (Wildman–Crippen MR) is 106 cm³/mol. The fraction of sp³-hybridized carbons (Fsp3) is 0.682. The highest BCUT2D eigenvalue weighted by Crippen LogP contribution is 2.62. The van der Waals surface area contributed by atoms with E-state index in [-0.39, 0.29) is 11.6 Å². The minimum atomic E-state index is -0.194. The van der Waals surface area contributed by atoms with E-state index in [0.717, 1.165) is 24.7 Å². The summed E-state index contributed by atoms with van der Waals surface area (Å²) in [5.74, 6) is 2.53. The first-order valence-corrected chi connectivity index (χ1v) is 10.4. The number of fused-ring (bicyclic) bond motifs is 3. The van der Waals surface area contributed by atoms with Gasteiger partial charge in [-0.1, -0.05) is 24.6 Å². The lowest BCUT2D eigenvalue weighted by molar-refractivity contribution is -0.171. The Morgan fingerprint density at radius 3 is 2.74 bits per heavy atom. The highest BCUT2D eigenvalue weighted by atomic mass is 16.5. The van der Waals surface area contributed by atoms with Gasteiger partial charge in [-0.15, -0.1) is 0 Å². The first-order valence-electron chi connectivity index (χ1n) is 10.4. The maximum atomic E-state index is 6.18. The average molecular weight is 370 g/mol. The van der Waals surface area contributed by atoms with Crippen LogP contribution >= 0.6 is 0 Å². The number of ether oxygens (including phenoxy) is 2. The molecule has 1 spiro atoms. The molecule has 5 nitrogen and oxygen atoms in total.